The van der Waals surface area contributed by atoms with Crippen molar-refractivity contribution in [1.29, 1.82) is 5.26 Å². The number of hydrogen-bond acceptors (Lipinski definition) is 6. The number of carbonyl (C=O) groups excluding carboxylic acids is 1. The van der Waals surface area contributed by atoms with Gasteiger partial charge in [-0.15, -0.1) is 0 Å². The third-order valence-corrected chi connectivity index (χ3v) is 3.99. The minimum Gasteiger partial charge on any atom is -0.293 e. The van der Waals surface area contributed by atoms with Crippen LogP contribution in [0.1, 0.15) is 18.4 Å². The molecule has 0 heterocycles. The first kappa shape index (κ1) is 16.6. The normalized spacial score (nSPS) is 15.8. The highest BCUT2D eigenvalue weighted by Gasteiger charge is 2.14. The molecular formula is C16H14N2O4S. The molecular weight excluding hydrogens is 316 g/mol. The van der Waals surface area contributed by atoms with Gasteiger partial charge in [0.2, 0.25) is 0 Å². The summed E-state index contributed by atoms with van der Waals surface area (Å²) in [5.74, 6) is -0.545. The van der Waals surface area contributed by atoms with Crippen molar-refractivity contribution in [1.82, 2.24) is 0 Å². The molecule has 1 aromatic rings. The fourth-order valence-corrected chi connectivity index (χ4v) is 2.76. The molecule has 6 nitrogen and oxygen atoms in total. The number of oxime groups is 1. The average molecular weight is 330 g/mol. The molecule has 0 radical (unpaired) electrons. The quantitative estimate of drug-likeness (QED) is 0.745. The van der Waals surface area contributed by atoms with Gasteiger partial charge >= 0.3 is 10.1 Å². The second-order valence-electron chi connectivity index (χ2n) is 4.80. The third kappa shape index (κ3) is 5.20. The predicted molar refractivity (Wildman–Crippen MR) is 84.7 cm³/mol. The first-order valence-electron chi connectivity index (χ1n) is 6.81. The van der Waals surface area contributed by atoms with Crippen molar-refractivity contribution in [2.75, 3.05) is 0 Å². The minimum atomic E-state index is -3.82. The molecule has 0 saturated heterocycles. The van der Waals surface area contributed by atoms with E-state index in [0.717, 1.165) is 0 Å². The van der Waals surface area contributed by atoms with E-state index in [-0.39, 0.29) is 24.4 Å². The van der Waals surface area contributed by atoms with Crippen LogP contribution < -0.4 is 0 Å². The van der Waals surface area contributed by atoms with Crippen molar-refractivity contribution in [2.24, 2.45) is 5.16 Å². The number of carbonyl (C=O) groups is 1. The van der Waals surface area contributed by atoms with Crippen molar-refractivity contribution in [2.45, 2.75) is 18.6 Å². The summed E-state index contributed by atoms with van der Waals surface area (Å²) >= 11 is 0. The van der Waals surface area contributed by atoms with Gasteiger partial charge < -0.3 is 0 Å². The second-order valence-corrected chi connectivity index (χ2v) is 6.35. The molecule has 0 spiro atoms. The molecule has 0 bridgehead atoms. The van der Waals surface area contributed by atoms with Crippen LogP contribution >= 0.6 is 0 Å². The fourth-order valence-electron chi connectivity index (χ4n) is 1.89. The van der Waals surface area contributed by atoms with Crippen LogP contribution in [0.25, 0.3) is 0 Å². The first-order chi connectivity index (χ1) is 11.0. The van der Waals surface area contributed by atoms with E-state index < -0.39 is 10.1 Å². The fraction of sp³-hybridized carbons (Fsp3) is 0.188. The minimum absolute atomic E-state index is 0.190. The zero-order valence-electron chi connectivity index (χ0n) is 12.2. The molecule has 0 aliphatic heterocycles. The lowest BCUT2D eigenvalue weighted by atomic mass is 10.0. The summed E-state index contributed by atoms with van der Waals surface area (Å²) in [4.78, 5) is 11.5. The van der Waals surface area contributed by atoms with Crippen molar-refractivity contribution in [3.63, 3.8) is 0 Å². The van der Waals surface area contributed by atoms with Gasteiger partial charge in [0.1, 0.15) is 5.75 Å². The predicted octanol–water partition coefficient (Wildman–Crippen LogP) is 2.26. The molecule has 7 heteroatoms. The summed E-state index contributed by atoms with van der Waals surface area (Å²) in [6.45, 7) is 0. The van der Waals surface area contributed by atoms with E-state index in [4.69, 9.17) is 5.26 Å². The number of nitrogens with zero attached hydrogens (tertiary/aromatic N) is 2. The van der Waals surface area contributed by atoms with Crippen molar-refractivity contribution < 1.29 is 17.5 Å². The van der Waals surface area contributed by atoms with Crippen LogP contribution in [0.2, 0.25) is 0 Å². The Labute approximate surface area is 134 Å². The molecule has 0 saturated carbocycles. The van der Waals surface area contributed by atoms with Gasteiger partial charge in [0.05, 0.1) is 18.2 Å². The lowest BCUT2D eigenvalue weighted by Crippen LogP contribution is -2.09. The van der Waals surface area contributed by atoms with Crippen LogP contribution in [0, 0.1) is 11.3 Å². The first-order valence-corrected chi connectivity index (χ1v) is 8.38. The molecule has 0 amide bonds. The van der Waals surface area contributed by atoms with Crippen LogP contribution in [0.4, 0.5) is 0 Å². The van der Waals surface area contributed by atoms with Crippen LogP contribution in [0.15, 0.2) is 59.3 Å². The Hall–Kier alpha value is -2.72. The van der Waals surface area contributed by atoms with Crippen molar-refractivity contribution >= 4 is 21.6 Å². The Bertz CT molecular complexity index is 815. The number of ketones is 1. The van der Waals surface area contributed by atoms with Gasteiger partial charge in [0.15, 0.2) is 5.78 Å². The Kier molecular flexibility index (Phi) is 5.44. The molecule has 0 N–H and O–H groups in total. The van der Waals surface area contributed by atoms with Crippen molar-refractivity contribution in [3.8, 4) is 6.07 Å². The Morgan fingerprint density at radius 1 is 1.26 bits per heavy atom. The van der Waals surface area contributed by atoms with Gasteiger partial charge in [-0.3, -0.25) is 9.08 Å². The van der Waals surface area contributed by atoms with Gasteiger partial charge in [-0.05, 0) is 17.7 Å². The zero-order chi connectivity index (χ0) is 16.7. The molecule has 0 aromatic heterocycles. The van der Waals surface area contributed by atoms with Gasteiger partial charge in [-0.25, -0.2) is 0 Å². The SMILES string of the molecule is N#CCC(=O)C1=CCC(=NOS(=O)(=O)Cc2ccccc2)C=C1. The van der Waals surface area contributed by atoms with Crippen LogP contribution in [-0.4, -0.2) is 19.9 Å². The average Bonchev–Trinajstić information content (AvgIpc) is 2.54. The van der Waals surface area contributed by atoms with E-state index in [1.165, 1.54) is 12.2 Å². The maximum atomic E-state index is 11.8. The number of Topliss-reactive ketones (excluding diaryl/α,β-unsaturated/α-hetero) is 1. The smallest absolute Gasteiger partial charge is 0.293 e. The number of hydrogen-bond donors (Lipinski definition) is 0. The summed E-state index contributed by atoms with van der Waals surface area (Å²) in [5, 5.41) is 12.1. The maximum absolute atomic E-state index is 11.8. The molecule has 23 heavy (non-hydrogen) atoms. The number of allylic oxidation sites excluding steroid dienone is 4. The lowest BCUT2D eigenvalue weighted by Gasteiger charge is -2.07. The van der Waals surface area contributed by atoms with Gasteiger partial charge in [0.25, 0.3) is 0 Å². The van der Waals surface area contributed by atoms with E-state index in [2.05, 4.69) is 9.44 Å². The standard InChI is InChI=1S/C16H14N2O4S/c17-11-10-16(19)14-6-8-15(9-7-14)18-22-23(20,21)12-13-4-2-1-3-5-13/h1-8H,9-10,12H2. The molecule has 0 atom stereocenters. The Balaban J connectivity index is 1.96. The maximum Gasteiger partial charge on any atom is 0.332 e. The summed E-state index contributed by atoms with van der Waals surface area (Å²) in [7, 11) is -3.82. The highest BCUT2D eigenvalue weighted by Crippen LogP contribution is 2.13. The van der Waals surface area contributed by atoms with Crippen LogP contribution in [0.3, 0.4) is 0 Å². The molecule has 118 valence electrons. The largest absolute Gasteiger partial charge is 0.332 e. The second kappa shape index (κ2) is 7.51. The monoisotopic (exact) mass is 330 g/mol. The topological polar surface area (TPSA) is 96.6 Å². The van der Waals surface area contributed by atoms with E-state index in [0.29, 0.717) is 16.8 Å². The zero-order valence-corrected chi connectivity index (χ0v) is 13.0. The molecule has 1 aliphatic rings. The van der Waals surface area contributed by atoms with Gasteiger partial charge in [-0.1, -0.05) is 41.6 Å². The highest BCUT2D eigenvalue weighted by atomic mass is 32.2. The van der Waals surface area contributed by atoms with Crippen molar-refractivity contribution in [3.05, 3.63) is 59.7 Å². The van der Waals surface area contributed by atoms with E-state index >= 15 is 0 Å². The Morgan fingerprint density at radius 3 is 2.61 bits per heavy atom. The molecule has 1 aromatic carbocycles. The third-order valence-electron chi connectivity index (χ3n) is 3.00. The Morgan fingerprint density at radius 2 is 2.00 bits per heavy atom. The number of benzene rings is 1. The molecule has 0 fully saturated rings. The molecule has 1 aliphatic carbocycles. The lowest BCUT2D eigenvalue weighted by molar-refractivity contribution is -0.114. The summed E-state index contributed by atoms with van der Waals surface area (Å²) in [6.07, 6.45) is 4.66. The van der Waals surface area contributed by atoms with E-state index in [1.807, 2.05) is 0 Å². The molecule has 0 unspecified atom stereocenters. The highest BCUT2D eigenvalue weighted by molar-refractivity contribution is 7.85. The summed E-state index contributed by atoms with van der Waals surface area (Å²) in [5.41, 5.74) is 1.41. The van der Waals surface area contributed by atoms with Gasteiger partial charge in [0, 0.05) is 12.0 Å². The summed E-state index contributed by atoms with van der Waals surface area (Å²) < 4.78 is 28.3. The molecule has 2 rings (SSSR count). The number of nitriles is 1. The van der Waals surface area contributed by atoms with Crippen LogP contribution in [0.5, 0.6) is 0 Å². The van der Waals surface area contributed by atoms with E-state index in [1.54, 1.807) is 42.5 Å². The summed E-state index contributed by atoms with van der Waals surface area (Å²) in [6, 6.07) is 10.4. The van der Waals surface area contributed by atoms with Crippen LogP contribution in [-0.2, 0) is 24.9 Å². The van der Waals surface area contributed by atoms with E-state index in [9.17, 15) is 13.2 Å². The number of rotatable bonds is 6. The van der Waals surface area contributed by atoms with Gasteiger partial charge in [-0.2, -0.15) is 13.7 Å².